The summed E-state index contributed by atoms with van der Waals surface area (Å²) >= 11 is 9.97. The Kier molecular flexibility index (Phi) is 6.23. The summed E-state index contributed by atoms with van der Waals surface area (Å²) in [7, 11) is 0. The zero-order valence-corrected chi connectivity index (χ0v) is 19.2. The van der Waals surface area contributed by atoms with E-state index in [1.165, 1.54) is 28.0 Å². The van der Waals surface area contributed by atoms with Gasteiger partial charge in [-0.3, -0.25) is 0 Å². The molecule has 1 aromatic heterocycles. The fraction of sp³-hybridized carbons (Fsp3) is 0.318. The van der Waals surface area contributed by atoms with Gasteiger partial charge in [0.2, 0.25) is 0 Å². The average Bonchev–Trinajstić information content (AvgIpc) is 3.27. The number of benzene rings is 2. The summed E-state index contributed by atoms with van der Waals surface area (Å²) in [5.74, 6) is 1.22. The third-order valence-corrected chi connectivity index (χ3v) is 7.58. The highest BCUT2D eigenvalue weighted by molar-refractivity contribution is 14.1. The normalized spacial score (nSPS) is 15.6. The Labute approximate surface area is 187 Å². The lowest BCUT2D eigenvalue weighted by atomic mass is 10.0. The average molecular weight is 528 g/mol. The molecule has 2 nitrogen and oxygen atoms in total. The number of thiazole rings is 1. The molecule has 0 spiro atoms. The number of nitrogens with zero attached hydrogens (tertiary/aromatic N) is 1. The van der Waals surface area contributed by atoms with E-state index in [0.717, 1.165) is 39.7 Å². The van der Waals surface area contributed by atoms with Crippen molar-refractivity contribution in [2.45, 2.75) is 32.1 Å². The number of rotatable bonds is 6. The second-order valence-electron chi connectivity index (χ2n) is 7.00. The number of aryl methyl sites for hydroxylation is 2. The molecule has 146 valence electrons. The van der Waals surface area contributed by atoms with Gasteiger partial charge in [0, 0.05) is 21.3 Å². The first-order valence-electron chi connectivity index (χ1n) is 9.28. The quantitative estimate of drug-likeness (QED) is 0.254. The van der Waals surface area contributed by atoms with Crippen LogP contribution in [-0.4, -0.2) is 16.0 Å². The van der Waals surface area contributed by atoms with Crippen molar-refractivity contribution in [3.05, 3.63) is 68.9 Å². The van der Waals surface area contributed by atoms with Crippen LogP contribution in [0, 0.1) is 12.7 Å². The molecular formula is C22H20ClFINOS. The van der Waals surface area contributed by atoms with Crippen molar-refractivity contribution in [1.29, 1.82) is 0 Å². The lowest BCUT2D eigenvalue weighted by molar-refractivity contribution is 0.320. The van der Waals surface area contributed by atoms with E-state index in [0.29, 0.717) is 12.5 Å². The first kappa shape index (κ1) is 20.1. The molecular weight excluding hydrogens is 508 g/mol. The van der Waals surface area contributed by atoms with Crippen LogP contribution in [0.4, 0.5) is 4.39 Å². The Bertz CT molecular complexity index is 1010. The van der Waals surface area contributed by atoms with E-state index in [4.69, 9.17) is 21.3 Å². The van der Waals surface area contributed by atoms with Crippen molar-refractivity contribution in [2.75, 3.05) is 11.0 Å². The number of aromatic nitrogens is 1. The second kappa shape index (κ2) is 8.67. The zero-order chi connectivity index (χ0) is 19.7. The summed E-state index contributed by atoms with van der Waals surface area (Å²) in [6.07, 6.45) is 3.13. The van der Waals surface area contributed by atoms with Crippen LogP contribution in [0.3, 0.4) is 0 Å². The number of ether oxygens (including phenoxy) is 1. The van der Waals surface area contributed by atoms with Gasteiger partial charge in [0.25, 0.3) is 0 Å². The van der Waals surface area contributed by atoms with E-state index in [1.807, 2.05) is 0 Å². The summed E-state index contributed by atoms with van der Waals surface area (Å²) in [4.78, 5) is 5.87. The standard InChI is InChI=1S/C22H20ClFINOS/c1-13-21(26-22(28-13)15-4-7-20(24)19(23)11-15)8-9-27-17-5-6-18-14(10-17)2-3-16(18)12-25/h4-7,10-11,16H,2-3,8-9,12H2,1H3/t16-/m0/s1. The Morgan fingerprint density at radius 3 is 2.93 bits per heavy atom. The summed E-state index contributed by atoms with van der Waals surface area (Å²) in [6.45, 7) is 2.64. The highest BCUT2D eigenvalue weighted by atomic mass is 127. The van der Waals surface area contributed by atoms with Crippen LogP contribution in [0.5, 0.6) is 5.75 Å². The maximum absolute atomic E-state index is 13.4. The van der Waals surface area contributed by atoms with Gasteiger partial charge in [-0.2, -0.15) is 0 Å². The van der Waals surface area contributed by atoms with Gasteiger partial charge < -0.3 is 4.74 Å². The molecule has 0 saturated carbocycles. The molecule has 0 fully saturated rings. The van der Waals surface area contributed by atoms with Crippen LogP contribution in [0.2, 0.25) is 5.02 Å². The lowest BCUT2D eigenvalue weighted by Crippen LogP contribution is -2.03. The SMILES string of the molecule is Cc1sc(-c2ccc(F)c(Cl)c2)nc1CCOc1ccc2c(c1)CC[C@H]2CI. The predicted octanol–water partition coefficient (Wildman–Crippen LogP) is 7.00. The van der Waals surface area contributed by atoms with Crippen molar-refractivity contribution < 1.29 is 9.13 Å². The Morgan fingerprint density at radius 2 is 2.14 bits per heavy atom. The van der Waals surface area contributed by atoms with Gasteiger partial charge in [-0.25, -0.2) is 9.37 Å². The molecule has 0 aliphatic heterocycles. The molecule has 6 heteroatoms. The maximum atomic E-state index is 13.4. The third-order valence-electron chi connectivity index (χ3n) is 5.17. The number of hydrogen-bond acceptors (Lipinski definition) is 3. The summed E-state index contributed by atoms with van der Waals surface area (Å²) in [5.41, 5.74) is 4.78. The molecule has 1 aliphatic carbocycles. The van der Waals surface area contributed by atoms with Crippen LogP contribution in [0.15, 0.2) is 36.4 Å². The predicted molar refractivity (Wildman–Crippen MR) is 123 cm³/mol. The van der Waals surface area contributed by atoms with Gasteiger partial charge in [-0.05, 0) is 67.1 Å². The molecule has 1 aliphatic rings. The Morgan fingerprint density at radius 1 is 1.29 bits per heavy atom. The van der Waals surface area contributed by atoms with E-state index in [1.54, 1.807) is 23.5 Å². The Balaban J connectivity index is 1.41. The van der Waals surface area contributed by atoms with Gasteiger partial charge in [0.15, 0.2) is 0 Å². The van der Waals surface area contributed by atoms with Gasteiger partial charge in [-0.15, -0.1) is 11.3 Å². The van der Waals surface area contributed by atoms with Crippen molar-refractivity contribution in [3.8, 4) is 16.3 Å². The van der Waals surface area contributed by atoms with Gasteiger partial charge >= 0.3 is 0 Å². The molecule has 1 heterocycles. The van der Waals surface area contributed by atoms with E-state index in [-0.39, 0.29) is 5.02 Å². The van der Waals surface area contributed by atoms with E-state index in [2.05, 4.69) is 47.7 Å². The minimum Gasteiger partial charge on any atom is -0.493 e. The van der Waals surface area contributed by atoms with Gasteiger partial charge in [0.05, 0.1) is 17.3 Å². The van der Waals surface area contributed by atoms with Gasteiger partial charge in [-0.1, -0.05) is 40.3 Å². The number of halogens is 3. The van der Waals surface area contributed by atoms with Crippen LogP contribution >= 0.6 is 45.5 Å². The van der Waals surface area contributed by atoms with Crippen molar-refractivity contribution in [2.24, 2.45) is 0 Å². The van der Waals surface area contributed by atoms with Crippen molar-refractivity contribution in [1.82, 2.24) is 4.98 Å². The molecule has 0 radical (unpaired) electrons. The highest BCUT2D eigenvalue weighted by Crippen LogP contribution is 2.36. The topological polar surface area (TPSA) is 22.1 Å². The fourth-order valence-corrected chi connectivity index (χ4v) is 5.66. The monoisotopic (exact) mass is 527 g/mol. The molecule has 0 N–H and O–H groups in total. The van der Waals surface area contributed by atoms with Crippen LogP contribution < -0.4 is 4.74 Å². The van der Waals surface area contributed by atoms with Crippen LogP contribution in [0.1, 0.15) is 34.0 Å². The first-order chi connectivity index (χ1) is 13.5. The summed E-state index contributed by atoms with van der Waals surface area (Å²) in [5, 5.41) is 0.980. The van der Waals surface area contributed by atoms with Crippen LogP contribution in [0.25, 0.3) is 10.6 Å². The molecule has 4 rings (SSSR count). The molecule has 0 bridgehead atoms. The Hall–Kier alpha value is -1.18. The maximum Gasteiger partial charge on any atom is 0.141 e. The number of alkyl halides is 1. The van der Waals surface area contributed by atoms with Gasteiger partial charge in [0.1, 0.15) is 16.6 Å². The van der Waals surface area contributed by atoms with E-state index < -0.39 is 5.82 Å². The summed E-state index contributed by atoms with van der Waals surface area (Å²) < 4.78 is 20.6. The van der Waals surface area contributed by atoms with E-state index >= 15 is 0 Å². The number of hydrogen-bond donors (Lipinski definition) is 0. The third kappa shape index (κ3) is 4.21. The molecule has 2 aromatic carbocycles. The number of fused-ring (bicyclic) bond motifs is 1. The molecule has 28 heavy (non-hydrogen) atoms. The second-order valence-corrected chi connectivity index (χ2v) is 9.49. The largest absolute Gasteiger partial charge is 0.493 e. The minimum absolute atomic E-state index is 0.122. The molecule has 0 amide bonds. The fourth-order valence-electron chi connectivity index (χ4n) is 3.61. The highest BCUT2D eigenvalue weighted by Gasteiger charge is 2.21. The van der Waals surface area contributed by atoms with Crippen LogP contribution in [-0.2, 0) is 12.8 Å². The minimum atomic E-state index is -0.411. The lowest BCUT2D eigenvalue weighted by Gasteiger charge is -2.10. The molecule has 3 aromatic rings. The zero-order valence-electron chi connectivity index (χ0n) is 15.5. The first-order valence-corrected chi connectivity index (χ1v) is 12.0. The molecule has 1 atom stereocenters. The molecule has 0 saturated heterocycles. The smallest absolute Gasteiger partial charge is 0.141 e. The van der Waals surface area contributed by atoms with E-state index in [9.17, 15) is 4.39 Å². The summed E-state index contributed by atoms with van der Waals surface area (Å²) in [6, 6.07) is 11.2. The molecule has 0 unspecified atom stereocenters. The van der Waals surface area contributed by atoms with Crippen molar-refractivity contribution >= 4 is 45.5 Å². The van der Waals surface area contributed by atoms with Crippen molar-refractivity contribution in [3.63, 3.8) is 0 Å².